The number of carbonyl (C=O) groups is 1. The van der Waals surface area contributed by atoms with Gasteiger partial charge >= 0.3 is 0 Å². The van der Waals surface area contributed by atoms with Crippen LogP contribution < -0.4 is 0 Å². The van der Waals surface area contributed by atoms with Crippen LogP contribution in [0.15, 0.2) is 40.1 Å². The molecule has 4 rings (SSSR count). The van der Waals surface area contributed by atoms with Crippen molar-refractivity contribution in [2.45, 2.75) is 19.9 Å². The number of hydrogen-bond donors (Lipinski definition) is 0. The number of aromatic nitrogens is 2. The number of nitrogens with zero attached hydrogens (tertiary/aromatic N) is 3. The highest BCUT2D eigenvalue weighted by Gasteiger charge is 2.25. The lowest BCUT2D eigenvalue weighted by atomic mass is 9.97. The highest BCUT2D eigenvalue weighted by atomic mass is 32.1. The zero-order valence-electron chi connectivity index (χ0n) is 12.7. The van der Waals surface area contributed by atoms with Crippen molar-refractivity contribution in [2.75, 3.05) is 6.54 Å². The third-order valence-electron chi connectivity index (χ3n) is 3.95. The molecule has 0 spiro atoms. The van der Waals surface area contributed by atoms with Crippen LogP contribution in [0.4, 0.5) is 0 Å². The Labute approximate surface area is 137 Å². The average molecular weight is 325 g/mol. The van der Waals surface area contributed by atoms with Crippen LogP contribution >= 0.6 is 11.3 Å². The topological polar surface area (TPSA) is 59.2 Å². The summed E-state index contributed by atoms with van der Waals surface area (Å²) in [5, 5.41) is 10.1. The Morgan fingerprint density at radius 1 is 1.30 bits per heavy atom. The monoisotopic (exact) mass is 325 g/mol. The molecular formula is C17H15N3O2S. The van der Waals surface area contributed by atoms with E-state index in [1.807, 2.05) is 36.6 Å². The SMILES string of the molecule is Cc1ccc2c(c1)CCN(Cc1nnc(-c3cccs3)o1)C2=O. The summed E-state index contributed by atoms with van der Waals surface area (Å²) in [4.78, 5) is 15.3. The largest absolute Gasteiger partial charge is 0.418 e. The van der Waals surface area contributed by atoms with Crippen LogP contribution in [0.25, 0.3) is 10.8 Å². The predicted molar refractivity (Wildman–Crippen MR) is 87.2 cm³/mol. The van der Waals surface area contributed by atoms with Crippen molar-refractivity contribution in [1.82, 2.24) is 15.1 Å². The van der Waals surface area contributed by atoms with Gasteiger partial charge in [0.05, 0.1) is 11.4 Å². The summed E-state index contributed by atoms with van der Waals surface area (Å²) >= 11 is 1.55. The Hall–Kier alpha value is -2.47. The third-order valence-corrected chi connectivity index (χ3v) is 4.81. The molecule has 1 aliphatic rings. The minimum atomic E-state index is 0.0297. The van der Waals surface area contributed by atoms with E-state index in [0.717, 1.165) is 22.4 Å². The predicted octanol–water partition coefficient (Wildman–Crippen LogP) is 3.31. The maximum absolute atomic E-state index is 12.6. The lowest BCUT2D eigenvalue weighted by Gasteiger charge is -2.27. The number of hydrogen-bond acceptors (Lipinski definition) is 5. The lowest BCUT2D eigenvalue weighted by molar-refractivity contribution is 0.0712. The van der Waals surface area contributed by atoms with Gasteiger partial charge in [0.15, 0.2) is 0 Å². The fraction of sp³-hybridized carbons (Fsp3) is 0.235. The van der Waals surface area contributed by atoms with Gasteiger partial charge in [0, 0.05) is 12.1 Å². The number of benzene rings is 1. The summed E-state index contributed by atoms with van der Waals surface area (Å²) in [5.41, 5.74) is 3.08. The molecule has 1 aliphatic heterocycles. The van der Waals surface area contributed by atoms with Gasteiger partial charge in [-0.15, -0.1) is 21.5 Å². The quantitative estimate of drug-likeness (QED) is 0.741. The Morgan fingerprint density at radius 3 is 3.04 bits per heavy atom. The molecule has 1 amide bonds. The Balaban J connectivity index is 1.54. The molecule has 0 N–H and O–H groups in total. The first-order valence-electron chi connectivity index (χ1n) is 7.46. The second-order valence-electron chi connectivity index (χ2n) is 5.62. The standard InChI is InChI=1S/C17H15N3O2S/c1-11-4-5-13-12(9-11)6-7-20(17(13)21)10-15-18-19-16(22-15)14-3-2-8-23-14/h2-5,8-9H,6-7,10H2,1H3. The minimum Gasteiger partial charge on any atom is -0.418 e. The van der Waals surface area contributed by atoms with Gasteiger partial charge in [-0.05, 0) is 36.4 Å². The molecular weight excluding hydrogens is 310 g/mol. The summed E-state index contributed by atoms with van der Waals surface area (Å²) in [6, 6.07) is 9.85. The van der Waals surface area contributed by atoms with Gasteiger partial charge in [-0.2, -0.15) is 0 Å². The summed E-state index contributed by atoms with van der Waals surface area (Å²) in [7, 11) is 0. The van der Waals surface area contributed by atoms with Crippen LogP contribution in [0.5, 0.6) is 0 Å². The second-order valence-corrected chi connectivity index (χ2v) is 6.56. The van der Waals surface area contributed by atoms with Crippen LogP contribution in [0, 0.1) is 6.92 Å². The van der Waals surface area contributed by atoms with E-state index in [0.29, 0.717) is 24.9 Å². The maximum Gasteiger partial charge on any atom is 0.257 e. The van der Waals surface area contributed by atoms with E-state index in [2.05, 4.69) is 16.3 Å². The van der Waals surface area contributed by atoms with Gasteiger partial charge in [0.2, 0.25) is 5.89 Å². The molecule has 1 aromatic carbocycles. The van der Waals surface area contributed by atoms with Crippen molar-refractivity contribution in [1.29, 1.82) is 0 Å². The van der Waals surface area contributed by atoms with Gasteiger partial charge in [-0.1, -0.05) is 23.8 Å². The lowest BCUT2D eigenvalue weighted by Crippen LogP contribution is -2.37. The smallest absolute Gasteiger partial charge is 0.257 e. The molecule has 3 aromatic rings. The van der Waals surface area contributed by atoms with E-state index < -0.39 is 0 Å². The van der Waals surface area contributed by atoms with Gasteiger partial charge in [0.1, 0.15) is 0 Å². The molecule has 0 unspecified atom stereocenters. The fourth-order valence-corrected chi connectivity index (χ4v) is 3.44. The van der Waals surface area contributed by atoms with Crippen molar-refractivity contribution < 1.29 is 9.21 Å². The van der Waals surface area contributed by atoms with E-state index in [-0.39, 0.29) is 5.91 Å². The first-order chi connectivity index (χ1) is 11.2. The van der Waals surface area contributed by atoms with E-state index in [1.165, 1.54) is 5.56 Å². The van der Waals surface area contributed by atoms with Crippen molar-refractivity contribution in [2.24, 2.45) is 0 Å². The Kier molecular flexibility index (Phi) is 3.46. The van der Waals surface area contributed by atoms with Crippen molar-refractivity contribution in [3.05, 3.63) is 58.3 Å². The molecule has 23 heavy (non-hydrogen) atoms. The summed E-state index contributed by atoms with van der Waals surface area (Å²) in [5.74, 6) is 1.01. The fourth-order valence-electron chi connectivity index (χ4n) is 2.80. The number of thiophene rings is 1. The number of fused-ring (bicyclic) bond motifs is 1. The number of aryl methyl sites for hydroxylation is 1. The molecule has 116 valence electrons. The van der Waals surface area contributed by atoms with Gasteiger partial charge in [-0.3, -0.25) is 4.79 Å². The zero-order chi connectivity index (χ0) is 15.8. The molecule has 0 atom stereocenters. The van der Waals surface area contributed by atoms with Gasteiger partial charge in [-0.25, -0.2) is 0 Å². The number of rotatable bonds is 3. The normalized spacial score (nSPS) is 14.1. The molecule has 0 saturated heterocycles. The van der Waals surface area contributed by atoms with E-state index in [4.69, 9.17) is 4.42 Å². The molecule has 6 heteroatoms. The van der Waals surface area contributed by atoms with Crippen LogP contribution in [0.1, 0.15) is 27.4 Å². The second kappa shape index (κ2) is 5.62. The Morgan fingerprint density at radius 2 is 2.22 bits per heavy atom. The summed E-state index contributed by atoms with van der Waals surface area (Å²) in [6.45, 7) is 3.07. The van der Waals surface area contributed by atoms with E-state index in [9.17, 15) is 4.79 Å². The van der Waals surface area contributed by atoms with Gasteiger partial charge < -0.3 is 9.32 Å². The summed E-state index contributed by atoms with van der Waals surface area (Å²) in [6.07, 6.45) is 0.856. The zero-order valence-corrected chi connectivity index (χ0v) is 13.5. The first kappa shape index (κ1) is 14.1. The van der Waals surface area contributed by atoms with Crippen molar-refractivity contribution in [3.63, 3.8) is 0 Å². The minimum absolute atomic E-state index is 0.0297. The molecule has 3 heterocycles. The van der Waals surface area contributed by atoms with E-state index >= 15 is 0 Å². The molecule has 5 nitrogen and oxygen atoms in total. The summed E-state index contributed by atoms with van der Waals surface area (Å²) < 4.78 is 5.68. The highest BCUT2D eigenvalue weighted by Crippen LogP contribution is 2.25. The molecule has 0 bridgehead atoms. The van der Waals surface area contributed by atoms with Crippen molar-refractivity contribution >= 4 is 17.2 Å². The highest BCUT2D eigenvalue weighted by molar-refractivity contribution is 7.13. The number of carbonyl (C=O) groups excluding carboxylic acids is 1. The Bertz CT molecular complexity index is 855. The molecule has 0 aliphatic carbocycles. The van der Waals surface area contributed by atoms with Crippen LogP contribution in [0.3, 0.4) is 0 Å². The molecule has 0 saturated carbocycles. The molecule has 2 aromatic heterocycles. The van der Waals surface area contributed by atoms with E-state index in [1.54, 1.807) is 16.2 Å². The molecule has 0 radical (unpaired) electrons. The average Bonchev–Trinajstić information content (AvgIpc) is 3.21. The van der Waals surface area contributed by atoms with Gasteiger partial charge in [0.25, 0.3) is 11.8 Å². The van der Waals surface area contributed by atoms with Crippen LogP contribution in [-0.4, -0.2) is 27.5 Å². The van der Waals surface area contributed by atoms with Crippen LogP contribution in [0.2, 0.25) is 0 Å². The van der Waals surface area contributed by atoms with Crippen molar-refractivity contribution in [3.8, 4) is 10.8 Å². The molecule has 0 fully saturated rings. The maximum atomic E-state index is 12.6. The number of amides is 1. The van der Waals surface area contributed by atoms with Crippen LogP contribution in [-0.2, 0) is 13.0 Å². The third kappa shape index (κ3) is 2.66. The first-order valence-corrected chi connectivity index (χ1v) is 8.34.